The molecule has 0 amide bonds. The summed E-state index contributed by atoms with van der Waals surface area (Å²) in [6, 6.07) is 10.7. The van der Waals surface area contributed by atoms with Crippen molar-refractivity contribution in [3.63, 3.8) is 0 Å². The van der Waals surface area contributed by atoms with Crippen molar-refractivity contribution in [1.82, 2.24) is 9.78 Å². The zero-order valence-electron chi connectivity index (χ0n) is 13.1. The smallest absolute Gasteiger partial charge is 0.0695 e. The average molecular weight is 286 g/mol. The van der Waals surface area contributed by atoms with Crippen LogP contribution < -0.4 is 10.6 Å². The summed E-state index contributed by atoms with van der Waals surface area (Å²) in [5, 5.41) is 4.39. The lowest BCUT2D eigenvalue weighted by molar-refractivity contribution is 0.602. The van der Waals surface area contributed by atoms with Gasteiger partial charge in [0.25, 0.3) is 0 Å². The summed E-state index contributed by atoms with van der Waals surface area (Å²) in [6.45, 7) is 6.81. The maximum absolute atomic E-state index is 6.09. The molecule has 21 heavy (non-hydrogen) atoms. The van der Waals surface area contributed by atoms with Crippen LogP contribution in [0.5, 0.6) is 0 Å². The lowest BCUT2D eigenvalue weighted by atomic mass is 10.1. The van der Waals surface area contributed by atoms with Gasteiger partial charge in [0.15, 0.2) is 0 Å². The first-order chi connectivity index (χ1) is 10.3. The van der Waals surface area contributed by atoms with Gasteiger partial charge in [-0.3, -0.25) is 4.68 Å². The second-order valence-electron chi connectivity index (χ2n) is 5.26. The van der Waals surface area contributed by atoms with Crippen molar-refractivity contribution in [3.05, 3.63) is 48.3 Å². The van der Waals surface area contributed by atoms with Crippen LogP contribution in [0.15, 0.2) is 42.7 Å². The fraction of sp³-hybridized carbons (Fsp3) is 0.471. The molecule has 0 saturated heterocycles. The van der Waals surface area contributed by atoms with Crippen molar-refractivity contribution in [3.8, 4) is 0 Å². The maximum Gasteiger partial charge on any atom is 0.0695 e. The summed E-state index contributed by atoms with van der Waals surface area (Å²) in [5.74, 6) is 0. The van der Waals surface area contributed by atoms with E-state index >= 15 is 0 Å². The zero-order chi connectivity index (χ0) is 15.1. The van der Waals surface area contributed by atoms with E-state index in [9.17, 15) is 0 Å². The van der Waals surface area contributed by atoms with E-state index in [1.807, 2.05) is 16.9 Å². The normalized spacial score (nSPS) is 12.3. The number of unbranched alkanes of at least 4 members (excludes halogenated alkanes) is 1. The number of nitrogens with zero attached hydrogens (tertiary/aromatic N) is 3. The summed E-state index contributed by atoms with van der Waals surface area (Å²) < 4.78 is 1.96. The third-order valence-corrected chi connectivity index (χ3v) is 3.80. The monoisotopic (exact) mass is 286 g/mol. The van der Waals surface area contributed by atoms with Crippen LogP contribution in [0.3, 0.4) is 0 Å². The number of benzene rings is 1. The second kappa shape index (κ2) is 7.84. The number of para-hydroxylation sites is 1. The minimum absolute atomic E-state index is 0.180. The van der Waals surface area contributed by atoms with E-state index in [4.69, 9.17) is 5.73 Å². The fourth-order valence-electron chi connectivity index (χ4n) is 2.58. The van der Waals surface area contributed by atoms with Crippen LogP contribution in [0.25, 0.3) is 0 Å². The first-order valence-electron chi connectivity index (χ1n) is 7.84. The first kappa shape index (κ1) is 15.6. The highest BCUT2D eigenvalue weighted by molar-refractivity contribution is 5.48. The van der Waals surface area contributed by atoms with Crippen molar-refractivity contribution < 1.29 is 0 Å². The number of hydrogen-bond donors (Lipinski definition) is 1. The second-order valence-corrected chi connectivity index (χ2v) is 5.26. The molecule has 4 heteroatoms. The van der Waals surface area contributed by atoms with E-state index in [0.29, 0.717) is 6.54 Å². The molecule has 1 aromatic heterocycles. The van der Waals surface area contributed by atoms with Gasteiger partial charge >= 0.3 is 0 Å². The van der Waals surface area contributed by atoms with E-state index < -0.39 is 0 Å². The standard InChI is InChI=1S/C17H26N4/c1-3-5-11-21(16-9-7-6-8-10-16)17(12-18)15-13-19-20(4-2)14-15/h6-10,13-14,17H,3-5,11-12,18H2,1-2H3. The van der Waals surface area contributed by atoms with Gasteiger partial charge in [-0.25, -0.2) is 0 Å². The molecule has 2 rings (SSSR count). The van der Waals surface area contributed by atoms with Crippen molar-refractivity contribution >= 4 is 5.69 Å². The minimum Gasteiger partial charge on any atom is -0.363 e. The van der Waals surface area contributed by atoms with Crippen LogP contribution in [-0.2, 0) is 6.54 Å². The maximum atomic E-state index is 6.09. The SMILES string of the molecule is CCCCN(c1ccccc1)C(CN)c1cnn(CC)c1. The largest absolute Gasteiger partial charge is 0.363 e. The zero-order valence-corrected chi connectivity index (χ0v) is 13.1. The summed E-state index contributed by atoms with van der Waals surface area (Å²) in [5.41, 5.74) is 8.51. The van der Waals surface area contributed by atoms with Crippen molar-refractivity contribution in [1.29, 1.82) is 0 Å². The molecule has 1 atom stereocenters. The average Bonchev–Trinajstić information content (AvgIpc) is 3.01. The van der Waals surface area contributed by atoms with Gasteiger partial charge in [0.1, 0.15) is 0 Å². The lowest BCUT2D eigenvalue weighted by Gasteiger charge is -2.32. The minimum atomic E-state index is 0.180. The number of anilines is 1. The number of rotatable bonds is 8. The Kier molecular flexibility index (Phi) is 5.81. The Balaban J connectivity index is 2.28. The van der Waals surface area contributed by atoms with Crippen LogP contribution in [-0.4, -0.2) is 22.9 Å². The van der Waals surface area contributed by atoms with Gasteiger partial charge in [0.2, 0.25) is 0 Å². The fourth-order valence-corrected chi connectivity index (χ4v) is 2.58. The summed E-state index contributed by atoms with van der Waals surface area (Å²) in [7, 11) is 0. The molecule has 0 aliphatic carbocycles. The Morgan fingerprint density at radius 2 is 2.00 bits per heavy atom. The quantitative estimate of drug-likeness (QED) is 0.810. The summed E-state index contributed by atoms with van der Waals surface area (Å²) in [6.07, 6.45) is 6.39. The van der Waals surface area contributed by atoms with Gasteiger partial charge in [0, 0.05) is 37.1 Å². The lowest BCUT2D eigenvalue weighted by Crippen LogP contribution is -2.34. The van der Waals surface area contributed by atoms with Gasteiger partial charge < -0.3 is 10.6 Å². The van der Waals surface area contributed by atoms with Crippen molar-refractivity contribution in [2.75, 3.05) is 18.0 Å². The molecule has 1 unspecified atom stereocenters. The molecular weight excluding hydrogens is 260 g/mol. The molecule has 0 bridgehead atoms. The number of hydrogen-bond acceptors (Lipinski definition) is 3. The predicted molar refractivity (Wildman–Crippen MR) is 88.4 cm³/mol. The molecule has 0 fully saturated rings. The Bertz CT molecular complexity index is 521. The topological polar surface area (TPSA) is 47.1 Å². The number of nitrogens with two attached hydrogens (primary N) is 1. The molecule has 2 aromatic rings. The Morgan fingerprint density at radius 3 is 2.57 bits per heavy atom. The molecular formula is C17H26N4. The summed E-state index contributed by atoms with van der Waals surface area (Å²) >= 11 is 0. The third kappa shape index (κ3) is 3.85. The molecule has 114 valence electrons. The highest BCUT2D eigenvalue weighted by Gasteiger charge is 2.20. The van der Waals surface area contributed by atoms with Crippen molar-refractivity contribution in [2.24, 2.45) is 5.73 Å². The first-order valence-corrected chi connectivity index (χ1v) is 7.84. The van der Waals surface area contributed by atoms with E-state index in [1.165, 1.54) is 17.7 Å². The van der Waals surface area contributed by atoms with Gasteiger partial charge in [-0.2, -0.15) is 5.10 Å². The Hall–Kier alpha value is -1.81. The molecule has 0 aliphatic rings. The predicted octanol–water partition coefficient (Wildman–Crippen LogP) is 3.21. The van der Waals surface area contributed by atoms with E-state index in [1.54, 1.807) is 0 Å². The third-order valence-electron chi connectivity index (χ3n) is 3.80. The Morgan fingerprint density at radius 1 is 1.24 bits per heavy atom. The number of aryl methyl sites for hydroxylation is 1. The van der Waals surface area contributed by atoms with Crippen LogP contribution in [0, 0.1) is 0 Å². The van der Waals surface area contributed by atoms with Crippen LogP contribution in [0.1, 0.15) is 38.3 Å². The molecule has 0 radical (unpaired) electrons. The molecule has 1 aromatic carbocycles. The highest BCUT2D eigenvalue weighted by atomic mass is 15.3. The van der Waals surface area contributed by atoms with Crippen LogP contribution in [0.4, 0.5) is 5.69 Å². The number of aromatic nitrogens is 2. The molecule has 0 aliphatic heterocycles. The summed E-state index contributed by atoms with van der Waals surface area (Å²) in [4.78, 5) is 2.40. The molecule has 0 saturated carbocycles. The van der Waals surface area contributed by atoms with Crippen molar-refractivity contribution in [2.45, 2.75) is 39.3 Å². The van der Waals surface area contributed by atoms with Gasteiger partial charge in [-0.05, 0) is 25.5 Å². The highest BCUT2D eigenvalue weighted by Crippen LogP contribution is 2.26. The van der Waals surface area contributed by atoms with Gasteiger partial charge in [0.05, 0.1) is 12.2 Å². The van der Waals surface area contributed by atoms with E-state index in [-0.39, 0.29) is 6.04 Å². The molecule has 4 nitrogen and oxygen atoms in total. The van der Waals surface area contributed by atoms with Gasteiger partial charge in [-0.1, -0.05) is 31.5 Å². The molecule has 2 N–H and O–H groups in total. The van der Waals surface area contributed by atoms with E-state index in [2.05, 4.69) is 54.3 Å². The molecule has 0 spiro atoms. The van der Waals surface area contributed by atoms with E-state index in [0.717, 1.165) is 19.5 Å². The Labute approximate surface area is 127 Å². The molecule has 1 heterocycles. The van der Waals surface area contributed by atoms with Crippen LogP contribution >= 0.6 is 0 Å². The van der Waals surface area contributed by atoms with Gasteiger partial charge in [-0.15, -0.1) is 0 Å². The van der Waals surface area contributed by atoms with Crippen LogP contribution in [0.2, 0.25) is 0 Å².